The molecule has 0 saturated carbocycles. The molecule has 0 N–H and O–H groups in total. The summed E-state index contributed by atoms with van der Waals surface area (Å²) in [6, 6.07) is 63.9. The van der Waals surface area contributed by atoms with E-state index in [2.05, 4.69) is 214 Å². The molecule has 0 aliphatic heterocycles. The van der Waals surface area contributed by atoms with Crippen LogP contribution in [0.4, 0.5) is 11.4 Å². The Morgan fingerprint density at radius 3 is 1.56 bits per heavy atom. The number of nitrogens with zero attached hydrogens (tertiary/aromatic N) is 1. The first-order chi connectivity index (χ1) is 26.4. The zero-order chi connectivity index (χ0) is 36.2. The van der Waals surface area contributed by atoms with Gasteiger partial charge in [0.25, 0.3) is 0 Å². The summed E-state index contributed by atoms with van der Waals surface area (Å²) in [5, 5.41) is 0. The molecule has 0 aromatic heterocycles. The minimum atomic E-state index is -0.480. The van der Waals surface area contributed by atoms with Crippen molar-refractivity contribution in [2.24, 2.45) is 5.92 Å². The van der Waals surface area contributed by atoms with Crippen molar-refractivity contribution in [2.45, 2.75) is 37.1 Å². The van der Waals surface area contributed by atoms with E-state index in [4.69, 9.17) is 0 Å². The second kappa shape index (κ2) is 11.2. The molecule has 258 valence electrons. The summed E-state index contributed by atoms with van der Waals surface area (Å²) in [6.07, 6.45) is 7.23. The predicted molar refractivity (Wildman–Crippen MR) is 225 cm³/mol. The van der Waals surface area contributed by atoms with Gasteiger partial charge in [-0.25, -0.2) is 0 Å². The topological polar surface area (TPSA) is 3.24 Å². The minimum absolute atomic E-state index is 0.0736. The molecule has 7 aromatic rings. The number of rotatable bonds is 4. The second-order valence-corrected chi connectivity index (χ2v) is 16.2. The van der Waals surface area contributed by atoms with Crippen molar-refractivity contribution in [1.29, 1.82) is 0 Å². The monoisotopic (exact) mass is 691 g/mol. The number of hydrogen-bond donors (Lipinski definition) is 0. The molecule has 0 saturated heterocycles. The first-order valence-electron chi connectivity index (χ1n) is 19.3. The molecular weight excluding hydrogens is 651 g/mol. The highest BCUT2D eigenvalue weighted by Gasteiger charge is 2.63. The third-order valence-electron chi connectivity index (χ3n) is 13.2. The van der Waals surface area contributed by atoms with E-state index >= 15 is 0 Å². The number of benzene rings is 7. The number of anilines is 2. The van der Waals surface area contributed by atoms with E-state index in [0.29, 0.717) is 0 Å². The normalized spacial score (nSPS) is 20.0. The molecule has 4 aliphatic rings. The first-order valence-corrected chi connectivity index (χ1v) is 19.3. The SMILES string of the molecule is CC1(C)c2ccccc2-c2ccc(N(c3ccc(-c4ccccc4)cc3)C3(C)C=CC=C4c5ccccc5C5(c6ccccc6-c6ccccc65)C43)cc21. The quantitative estimate of drug-likeness (QED) is 0.178. The Balaban J connectivity index is 1.18. The average molecular weight is 692 g/mol. The third kappa shape index (κ3) is 3.99. The van der Waals surface area contributed by atoms with Crippen molar-refractivity contribution in [3.8, 4) is 33.4 Å². The van der Waals surface area contributed by atoms with Gasteiger partial charge in [-0.2, -0.15) is 0 Å². The maximum atomic E-state index is 2.67. The molecule has 1 nitrogen and oxygen atoms in total. The van der Waals surface area contributed by atoms with Crippen LogP contribution in [0.5, 0.6) is 0 Å². The van der Waals surface area contributed by atoms with Crippen LogP contribution < -0.4 is 4.90 Å². The van der Waals surface area contributed by atoms with Gasteiger partial charge in [0.1, 0.15) is 0 Å². The zero-order valence-corrected chi connectivity index (χ0v) is 30.9. The van der Waals surface area contributed by atoms with E-state index in [1.807, 2.05) is 0 Å². The fourth-order valence-corrected chi connectivity index (χ4v) is 11.0. The van der Waals surface area contributed by atoms with Crippen LogP contribution in [0, 0.1) is 5.92 Å². The van der Waals surface area contributed by atoms with Crippen LogP contribution in [0.25, 0.3) is 39.0 Å². The van der Waals surface area contributed by atoms with Crippen LogP contribution in [0.1, 0.15) is 54.2 Å². The summed E-state index contributed by atoms with van der Waals surface area (Å²) < 4.78 is 0. The summed E-state index contributed by atoms with van der Waals surface area (Å²) >= 11 is 0. The summed E-state index contributed by atoms with van der Waals surface area (Å²) in [5.74, 6) is 0.0736. The van der Waals surface area contributed by atoms with Gasteiger partial charge >= 0.3 is 0 Å². The minimum Gasteiger partial charge on any atom is -0.331 e. The van der Waals surface area contributed by atoms with Crippen molar-refractivity contribution in [3.63, 3.8) is 0 Å². The highest BCUT2D eigenvalue weighted by Crippen LogP contribution is 2.68. The van der Waals surface area contributed by atoms with Gasteiger partial charge in [0.05, 0.1) is 11.0 Å². The molecule has 54 heavy (non-hydrogen) atoms. The highest BCUT2D eigenvalue weighted by atomic mass is 15.2. The Kier molecular flexibility index (Phi) is 6.48. The summed E-state index contributed by atoms with van der Waals surface area (Å²) in [4.78, 5) is 2.67. The molecule has 0 heterocycles. The van der Waals surface area contributed by atoms with Gasteiger partial charge in [0.2, 0.25) is 0 Å². The van der Waals surface area contributed by atoms with Gasteiger partial charge in [0.15, 0.2) is 0 Å². The highest BCUT2D eigenvalue weighted by molar-refractivity contribution is 5.95. The molecule has 2 unspecified atom stereocenters. The summed E-state index contributed by atoms with van der Waals surface area (Å²) in [6.45, 7) is 7.27. The van der Waals surface area contributed by atoms with Crippen LogP contribution in [-0.4, -0.2) is 5.54 Å². The molecular formula is C53H41N. The van der Waals surface area contributed by atoms with E-state index in [0.717, 1.165) is 0 Å². The fourth-order valence-electron chi connectivity index (χ4n) is 11.0. The first kappa shape index (κ1) is 31.4. The Hall–Kier alpha value is -6.18. The lowest BCUT2D eigenvalue weighted by molar-refractivity contribution is 0.347. The van der Waals surface area contributed by atoms with Gasteiger partial charge in [0, 0.05) is 22.7 Å². The Morgan fingerprint density at radius 2 is 0.907 bits per heavy atom. The van der Waals surface area contributed by atoms with Gasteiger partial charge in [-0.05, 0) is 104 Å². The summed E-state index contributed by atoms with van der Waals surface area (Å²) in [7, 11) is 0. The van der Waals surface area contributed by atoms with Crippen molar-refractivity contribution in [1.82, 2.24) is 0 Å². The van der Waals surface area contributed by atoms with Crippen LogP contribution in [-0.2, 0) is 10.8 Å². The van der Waals surface area contributed by atoms with Gasteiger partial charge in [-0.1, -0.05) is 178 Å². The van der Waals surface area contributed by atoms with Crippen molar-refractivity contribution >= 4 is 16.9 Å². The lowest BCUT2D eigenvalue weighted by Gasteiger charge is -2.52. The maximum absolute atomic E-state index is 2.67. The third-order valence-corrected chi connectivity index (χ3v) is 13.2. The van der Waals surface area contributed by atoms with Crippen LogP contribution in [0.3, 0.4) is 0 Å². The smallest absolute Gasteiger partial charge is 0.0692 e. The lowest BCUT2D eigenvalue weighted by Crippen LogP contribution is -2.55. The van der Waals surface area contributed by atoms with Crippen LogP contribution >= 0.6 is 0 Å². The number of allylic oxidation sites excluding steroid dienone is 2. The Morgan fingerprint density at radius 1 is 0.426 bits per heavy atom. The lowest BCUT2D eigenvalue weighted by atomic mass is 9.59. The van der Waals surface area contributed by atoms with E-state index in [1.54, 1.807) is 0 Å². The molecule has 1 spiro atoms. The molecule has 0 bridgehead atoms. The Bertz CT molecular complexity index is 2660. The molecule has 11 rings (SSSR count). The zero-order valence-electron chi connectivity index (χ0n) is 30.9. The van der Waals surface area contributed by atoms with E-state index < -0.39 is 5.54 Å². The number of hydrogen-bond acceptors (Lipinski definition) is 1. The van der Waals surface area contributed by atoms with Crippen LogP contribution in [0.15, 0.2) is 188 Å². The standard InChI is InChI=1S/C53H41N/c1-51(2)45-23-11-7-18-39(45)43-32-31-38(34-49(43)51)54(37-29-27-36(28-30-37)35-16-5-4-6-17-35)52(3)33-15-22-44-42-21-10-14-26-48(42)53(50(44)52)46-24-12-8-19-40(46)41-20-9-13-25-47(41)53/h4-34,50H,1-3H3. The van der Waals surface area contributed by atoms with Gasteiger partial charge in [-0.3, -0.25) is 0 Å². The fraction of sp³-hybridized carbons (Fsp3) is 0.132. The molecule has 0 amide bonds. The maximum Gasteiger partial charge on any atom is 0.0692 e. The Labute approximate surface area is 318 Å². The molecule has 0 fully saturated rings. The number of fused-ring (bicyclic) bond motifs is 13. The molecule has 7 aromatic carbocycles. The molecule has 2 atom stereocenters. The van der Waals surface area contributed by atoms with Crippen molar-refractivity contribution < 1.29 is 0 Å². The van der Waals surface area contributed by atoms with E-state index in [1.165, 1.54) is 83.7 Å². The van der Waals surface area contributed by atoms with Crippen molar-refractivity contribution in [3.05, 3.63) is 221 Å². The average Bonchev–Trinajstić information content (AvgIpc) is 3.78. The molecule has 0 radical (unpaired) electrons. The van der Waals surface area contributed by atoms with Gasteiger partial charge < -0.3 is 4.90 Å². The predicted octanol–water partition coefficient (Wildman–Crippen LogP) is 13.2. The van der Waals surface area contributed by atoms with E-state index in [-0.39, 0.29) is 16.7 Å². The molecule has 4 aliphatic carbocycles. The van der Waals surface area contributed by atoms with Gasteiger partial charge in [-0.15, -0.1) is 0 Å². The largest absolute Gasteiger partial charge is 0.331 e. The van der Waals surface area contributed by atoms with Crippen LogP contribution in [0.2, 0.25) is 0 Å². The molecule has 1 heteroatoms. The van der Waals surface area contributed by atoms with E-state index in [9.17, 15) is 0 Å². The second-order valence-electron chi connectivity index (χ2n) is 16.2. The summed E-state index contributed by atoms with van der Waals surface area (Å²) in [5.41, 5.74) is 19.0. The van der Waals surface area contributed by atoms with Crippen molar-refractivity contribution in [2.75, 3.05) is 4.90 Å².